The van der Waals surface area contributed by atoms with Gasteiger partial charge in [-0.15, -0.1) is 0 Å². The lowest BCUT2D eigenvalue weighted by molar-refractivity contribution is 0.0140. The summed E-state index contributed by atoms with van der Waals surface area (Å²) in [5, 5.41) is 4.27. The first-order valence-electron chi connectivity index (χ1n) is 16.5. The van der Waals surface area contributed by atoms with E-state index in [-0.39, 0.29) is 18.0 Å². The van der Waals surface area contributed by atoms with E-state index in [2.05, 4.69) is 48.9 Å². The number of likely N-dealkylation sites (tertiary alicyclic amines) is 1. The molecule has 2 aliphatic heterocycles. The Morgan fingerprint density at radius 1 is 0.911 bits per heavy atom. The number of anilines is 3. The Balaban J connectivity index is 1.05. The maximum Gasteiger partial charge on any atom is 0.410 e. The fraction of sp³-hybridized carbons (Fsp3) is 0.588. The van der Waals surface area contributed by atoms with Crippen molar-refractivity contribution in [3.8, 4) is 0 Å². The normalized spacial score (nSPS) is 18.9. The van der Waals surface area contributed by atoms with E-state index in [4.69, 9.17) is 9.72 Å². The molecule has 1 aromatic carbocycles. The van der Waals surface area contributed by atoms with Crippen LogP contribution in [0.5, 0.6) is 0 Å². The van der Waals surface area contributed by atoms with Crippen LogP contribution in [0.25, 0.3) is 11.0 Å². The maximum absolute atomic E-state index is 13.0. The topological polar surface area (TPSA) is 99.1 Å². The standard InChI is InChI=1S/C34H48N8O3/c1-34(2,3)45-33(44)41-16-14-27(15-17-41)40-20-18-39(19-21-40)26-12-10-25(11-13-26)36-32-35-23-24-22-29(31(43)38(4)5)42(30(24)37-32)28-8-6-7-9-28/h10-13,22-23,27-28H,6-9,14-21H2,1-5H3,(H,35,36,37). The number of carbonyl (C=O) groups excluding carboxylic acids is 2. The predicted molar refractivity (Wildman–Crippen MR) is 177 cm³/mol. The van der Waals surface area contributed by atoms with E-state index in [9.17, 15) is 9.59 Å². The maximum atomic E-state index is 13.0. The van der Waals surface area contributed by atoms with E-state index in [1.54, 1.807) is 19.0 Å². The second-order valence-electron chi connectivity index (χ2n) is 13.9. The molecule has 1 saturated carbocycles. The van der Waals surface area contributed by atoms with Gasteiger partial charge in [0.1, 0.15) is 16.9 Å². The Bertz CT molecular complexity index is 1490. The summed E-state index contributed by atoms with van der Waals surface area (Å²) < 4.78 is 7.70. The fourth-order valence-corrected chi connectivity index (χ4v) is 6.96. The molecule has 3 fully saturated rings. The first-order chi connectivity index (χ1) is 21.6. The number of piperazine rings is 1. The Kier molecular flexibility index (Phi) is 8.90. The van der Waals surface area contributed by atoms with E-state index in [1.807, 2.05) is 37.9 Å². The highest BCUT2D eigenvalue weighted by Gasteiger charge is 2.31. The predicted octanol–water partition coefficient (Wildman–Crippen LogP) is 5.51. The monoisotopic (exact) mass is 616 g/mol. The van der Waals surface area contributed by atoms with E-state index in [0.29, 0.717) is 17.7 Å². The van der Waals surface area contributed by atoms with Gasteiger partial charge in [0.25, 0.3) is 5.91 Å². The molecule has 242 valence electrons. The summed E-state index contributed by atoms with van der Waals surface area (Å²) in [6.07, 6.45) is 8.08. The summed E-state index contributed by atoms with van der Waals surface area (Å²) in [5.41, 5.74) is 3.18. The molecule has 2 aromatic heterocycles. The third-order valence-corrected chi connectivity index (χ3v) is 9.33. The minimum absolute atomic E-state index is 0.00517. The minimum Gasteiger partial charge on any atom is -0.444 e. The van der Waals surface area contributed by atoms with E-state index < -0.39 is 5.60 Å². The average Bonchev–Trinajstić information content (AvgIpc) is 3.68. The Labute approximate surface area is 266 Å². The van der Waals surface area contributed by atoms with Crippen LogP contribution in [-0.2, 0) is 4.74 Å². The van der Waals surface area contributed by atoms with Gasteiger partial charge in [0.05, 0.1) is 0 Å². The van der Waals surface area contributed by atoms with Crippen LogP contribution in [0.2, 0.25) is 0 Å². The van der Waals surface area contributed by atoms with Crippen molar-refractivity contribution in [2.45, 2.75) is 77.0 Å². The van der Waals surface area contributed by atoms with Crippen molar-refractivity contribution in [3.05, 3.63) is 42.2 Å². The van der Waals surface area contributed by atoms with Crippen molar-refractivity contribution in [3.63, 3.8) is 0 Å². The number of amides is 2. The molecule has 3 aromatic rings. The second-order valence-corrected chi connectivity index (χ2v) is 13.9. The van der Waals surface area contributed by atoms with Crippen molar-refractivity contribution in [2.75, 3.05) is 63.6 Å². The molecule has 1 aliphatic carbocycles. The third-order valence-electron chi connectivity index (χ3n) is 9.33. The van der Waals surface area contributed by atoms with Gasteiger partial charge in [0, 0.05) is 88.4 Å². The molecule has 11 heteroatoms. The summed E-state index contributed by atoms with van der Waals surface area (Å²) in [7, 11) is 3.58. The van der Waals surface area contributed by atoms with Gasteiger partial charge in [0.15, 0.2) is 0 Å². The Morgan fingerprint density at radius 2 is 1.58 bits per heavy atom. The number of benzene rings is 1. The molecule has 0 atom stereocenters. The average molecular weight is 617 g/mol. The molecule has 2 saturated heterocycles. The number of carbonyl (C=O) groups is 2. The molecule has 11 nitrogen and oxygen atoms in total. The number of ether oxygens (including phenoxy) is 1. The lowest BCUT2D eigenvalue weighted by atomic mass is 10.0. The van der Waals surface area contributed by atoms with Crippen LogP contribution in [0, 0.1) is 0 Å². The summed E-state index contributed by atoms with van der Waals surface area (Å²) in [4.78, 5) is 43.4. The van der Waals surface area contributed by atoms with Crippen LogP contribution in [0.15, 0.2) is 36.5 Å². The molecular formula is C34H48N8O3. The van der Waals surface area contributed by atoms with Gasteiger partial charge >= 0.3 is 6.09 Å². The highest BCUT2D eigenvalue weighted by Crippen LogP contribution is 2.35. The summed E-state index contributed by atoms with van der Waals surface area (Å²) in [5.74, 6) is 0.525. The van der Waals surface area contributed by atoms with Crippen molar-refractivity contribution < 1.29 is 14.3 Å². The zero-order valence-electron chi connectivity index (χ0n) is 27.5. The van der Waals surface area contributed by atoms with Crippen LogP contribution in [-0.4, -0.2) is 106 Å². The van der Waals surface area contributed by atoms with Crippen molar-refractivity contribution >= 4 is 40.4 Å². The fourth-order valence-electron chi connectivity index (χ4n) is 6.96. The molecule has 0 bridgehead atoms. The summed E-state index contributed by atoms with van der Waals surface area (Å²) in [6.45, 7) is 11.2. The summed E-state index contributed by atoms with van der Waals surface area (Å²) >= 11 is 0. The van der Waals surface area contributed by atoms with E-state index in [0.717, 1.165) is 81.7 Å². The molecule has 6 rings (SSSR count). The van der Waals surface area contributed by atoms with Crippen molar-refractivity contribution in [1.29, 1.82) is 0 Å². The number of hydrogen-bond acceptors (Lipinski definition) is 8. The van der Waals surface area contributed by atoms with Gasteiger partial charge in [-0.25, -0.2) is 9.78 Å². The van der Waals surface area contributed by atoms with Crippen LogP contribution in [0.3, 0.4) is 0 Å². The zero-order chi connectivity index (χ0) is 31.7. The van der Waals surface area contributed by atoms with Gasteiger partial charge in [-0.3, -0.25) is 9.69 Å². The van der Waals surface area contributed by atoms with Gasteiger partial charge in [-0.1, -0.05) is 12.8 Å². The zero-order valence-corrected chi connectivity index (χ0v) is 27.5. The van der Waals surface area contributed by atoms with Gasteiger partial charge in [-0.2, -0.15) is 4.98 Å². The molecule has 0 radical (unpaired) electrons. The van der Waals surface area contributed by atoms with Crippen molar-refractivity contribution in [1.82, 2.24) is 29.2 Å². The van der Waals surface area contributed by atoms with Crippen LogP contribution in [0.4, 0.5) is 22.1 Å². The first kappa shape index (κ1) is 31.1. The highest BCUT2D eigenvalue weighted by molar-refractivity contribution is 5.98. The minimum atomic E-state index is -0.457. The number of hydrogen-bond donors (Lipinski definition) is 1. The molecule has 45 heavy (non-hydrogen) atoms. The lowest BCUT2D eigenvalue weighted by Crippen LogP contribution is -2.54. The number of nitrogens with one attached hydrogen (secondary N) is 1. The van der Waals surface area contributed by atoms with Gasteiger partial charge in [0.2, 0.25) is 5.95 Å². The van der Waals surface area contributed by atoms with Crippen LogP contribution < -0.4 is 10.2 Å². The molecule has 0 spiro atoms. The highest BCUT2D eigenvalue weighted by atomic mass is 16.6. The second kappa shape index (κ2) is 12.9. The molecular weight excluding hydrogens is 568 g/mol. The third kappa shape index (κ3) is 7.03. The summed E-state index contributed by atoms with van der Waals surface area (Å²) in [6, 6.07) is 11.2. The largest absolute Gasteiger partial charge is 0.444 e. The Hall–Kier alpha value is -3.86. The van der Waals surface area contributed by atoms with Crippen LogP contribution in [0.1, 0.15) is 75.8 Å². The smallest absolute Gasteiger partial charge is 0.410 e. The van der Waals surface area contributed by atoms with Crippen molar-refractivity contribution in [2.24, 2.45) is 0 Å². The SMILES string of the molecule is CN(C)C(=O)c1cc2cnc(Nc3ccc(N4CCN(C5CCN(C(=O)OC(C)(C)C)CC5)CC4)cc3)nc2n1C1CCCC1. The lowest BCUT2D eigenvalue weighted by Gasteiger charge is -2.43. The van der Waals surface area contributed by atoms with Gasteiger partial charge < -0.3 is 29.3 Å². The van der Waals surface area contributed by atoms with E-state index >= 15 is 0 Å². The number of piperidine rings is 1. The number of nitrogens with zero attached hydrogens (tertiary/aromatic N) is 7. The Morgan fingerprint density at radius 3 is 2.20 bits per heavy atom. The molecule has 3 aliphatic rings. The van der Waals surface area contributed by atoms with Crippen LogP contribution >= 0.6 is 0 Å². The number of rotatable bonds is 6. The quantitative estimate of drug-likeness (QED) is 0.387. The molecule has 1 N–H and O–H groups in total. The number of fused-ring (bicyclic) bond motifs is 1. The molecule has 4 heterocycles. The molecule has 0 unspecified atom stereocenters. The molecule has 2 amide bonds. The number of aromatic nitrogens is 3. The van der Waals surface area contributed by atoms with E-state index in [1.165, 1.54) is 18.5 Å². The van der Waals surface area contributed by atoms with Gasteiger partial charge in [-0.05, 0) is 76.8 Å². The first-order valence-corrected chi connectivity index (χ1v) is 16.5.